The van der Waals surface area contributed by atoms with Crippen LogP contribution in [0.15, 0.2) is 12.1 Å². The van der Waals surface area contributed by atoms with E-state index < -0.39 is 5.82 Å². The van der Waals surface area contributed by atoms with Gasteiger partial charge in [0.15, 0.2) is 0 Å². The van der Waals surface area contributed by atoms with Crippen molar-refractivity contribution in [2.24, 2.45) is 0 Å². The molecule has 0 N–H and O–H groups in total. The molecule has 0 bridgehead atoms. The van der Waals surface area contributed by atoms with Crippen LogP contribution in [0.3, 0.4) is 0 Å². The summed E-state index contributed by atoms with van der Waals surface area (Å²) in [6.45, 7) is 1.84. The van der Waals surface area contributed by atoms with E-state index in [1.807, 2.05) is 6.92 Å². The predicted octanol–water partition coefficient (Wildman–Crippen LogP) is 2.59. The fraction of sp³-hybridized carbons (Fsp3) is 0.143. The lowest BCUT2D eigenvalue weighted by Gasteiger charge is -1.92. The lowest BCUT2D eigenvalue weighted by Crippen LogP contribution is -1.77. The Kier molecular flexibility index (Phi) is 1.72. The van der Waals surface area contributed by atoms with Crippen LogP contribution in [-0.4, -0.2) is 0 Å². The molecule has 2 heteroatoms. The highest BCUT2D eigenvalue weighted by atomic mass is 35.5. The van der Waals surface area contributed by atoms with E-state index in [0.717, 1.165) is 5.56 Å². The fourth-order valence-electron chi connectivity index (χ4n) is 0.551. The van der Waals surface area contributed by atoms with Crippen molar-refractivity contribution in [3.05, 3.63) is 34.6 Å². The monoisotopic (exact) mass is 143 g/mol. The smallest absolute Gasteiger partial charge is 0.149 e. The summed E-state index contributed by atoms with van der Waals surface area (Å²) >= 11 is 5.41. The maximum Gasteiger partial charge on any atom is 0.149 e. The molecule has 0 aromatic heterocycles. The van der Waals surface area contributed by atoms with Crippen LogP contribution >= 0.6 is 11.6 Å². The first-order valence-electron chi connectivity index (χ1n) is 2.53. The SMILES string of the molecule is Cc1c[c]c(F)c(Cl)c1. The minimum atomic E-state index is -0.484. The molecule has 0 heterocycles. The Bertz CT molecular complexity index is 220. The minimum absolute atomic E-state index is 0.134. The van der Waals surface area contributed by atoms with Crippen molar-refractivity contribution in [3.8, 4) is 0 Å². The molecule has 47 valence electrons. The number of aryl methyl sites for hydroxylation is 1. The van der Waals surface area contributed by atoms with E-state index in [4.69, 9.17) is 11.6 Å². The van der Waals surface area contributed by atoms with Crippen molar-refractivity contribution in [1.29, 1.82) is 0 Å². The normalized spacial score (nSPS) is 9.67. The molecule has 1 aromatic rings. The van der Waals surface area contributed by atoms with Crippen LogP contribution in [0.1, 0.15) is 5.56 Å². The third kappa shape index (κ3) is 1.42. The van der Waals surface area contributed by atoms with Crippen molar-refractivity contribution < 1.29 is 4.39 Å². The molecule has 0 saturated heterocycles. The molecule has 0 spiro atoms. The molecule has 0 amide bonds. The summed E-state index contributed by atoms with van der Waals surface area (Å²) in [7, 11) is 0. The third-order valence-corrected chi connectivity index (χ3v) is 1.27. The van der Waals surface area contributed by atoms with Crippen molar-refractivity contribution >= 4 is 11.6 Å². The first kappa shape index (κ1) is 6.56. The topological polar surface area (TPSA) is 0 Å². The lowest BCUT2D eigenvalue weighted by atomic mass is 10.2. The summed E-state index contributed by atoms with van der Waals surface area (Å²) in [5.41, 5.74) is 0.918. The average molecular weight is 144 g/mol. The molecule has 1 aromatic carbocycles. The summed E-state index contributed by atoms with van der Waals surface area (Å²) < 4.78 is 12.3. The second-order valence-electron chi connectivity index (χ2n) is 1.84. The van der Waals surface area contributed by atoms with Crippen LogP contribution < -0.4 is 0 Å². The average Bonchev–Trinajstić information content (AvgIpc) is 1.80. The Balaban J connectivity index is 3.17. The van der Waals surface area contributed by atoms with E-state index >= 15 is 0 Å². The zero-order valence-electron chi connectivity index (χ0n) is 4.91. The first-order chi connectivity index (χ1) is 4.20. The highest BCUT2D eigenvalue weighted by Crippen LogP contribution is 2.14. The molecule has 0 atom stereocenters. The van der Waals surface area contributed by atoms with Crippen LogP contribution in [0.25, 0.3) is 0 Å². The number of hydrogen-bond acceptors (Lipinski definition) is 0. The van der Waals surface area contributed by atoms with Gasteiger partial charge in [-0.05, 0) is 24.6 Å². The summed E-state index contributed by atoms with van der Waals surface area (Å²) in [4.78, 5) is 0. The molecular formula is C7H5ClF. The van der Waals surface area contributed by atoms with Crippen molar-refractivity contribution in [1.82, 2.24) is 0 Å². The lowest BCUT2D eigenvalue weighted by molar-refractivity contribution is 0.625. The maximum atomic E-state index is 12.3. The minimum Gasteiger partial charge on any atom is -0.205 e. The number of rotatable bonds is 0. The van der Waals surface area contributed by atoms with Crippen LogP contribution in [0, 0.1) is 18.8 Å². The van der Waals surface area contributed by atoms with E-state index in [1.165, 1.54) is 0 Å². The zero-order chi connectivity index (χ0) is 6.85. The molecule has 1 rings (SSSR count). The van der Waals surface area contributed by atoms with Gasteiger partial charge in [-0.1, -0.05) is 11.6 Å². The van der Waals surface area contributed by atoms with Gasteiger partial charge >= 0.3 is 0 Å². The largest absolute Gasteiger partial charge is 0.205 e. The van der Waals surface area contributed by atoms with Gasteiger partial charge in [-0.25, -0.2) is 4.39 Å². The van der Waals surface area contributed by atoms with Crippen LogP contribution in [-0.2, 0) is 0 Å². The summed E-state index contributed by atoms with van der Waals surface area (Å²) in [6, 6.07) is 5.49. The van der Waals surface area contributed by atoms with E-state index in [1.54, 1.807) is 12.1 Å². The van der Waals surface area contributed by atoms with Crippen molar-refractivity contribution in [2.75, 3.05) is 0 Å². The maximum absolute atomic E-state index is 12.3. The summed E-state index contributed by atoms with van der Waals surface area (Å²) in [6.07, 6.45) is 0. The Hall–Kier alpha value is -0.560. The van der Waals surface area contributed by atoms with Crippen molar-refractivity contribution in [2.45, 2.75) is 6.92 Å². The van der Waals surface area contributed by atoms with Gasteiger partial charge in [0, 0.05) is 6.07 Å². The van der Waals surface area contributed by atoms with E-state index in [-0.39, 0.29) is 5.02 Å². The molecular weight excluding hydrogens is 139 g/mol. The van der Waals surface area contributed by atoms with Gasteiger partial charge in [0.2, 0.25) is 0 Å². The molecule has 1 radical (unpaired) electrons. The molecule has 0 saturated carbocycles. The third-order valence-electron chi connectivity index (χ3n) is 0.991. The highest BCUT2D eigenvalue weighted by molar-refractivity contribution is 6.30. The van der Waals surface area contributed by atoms with Crippen LogP contribution in [0.2, 0.25) is 5.02 Å². The van der Waals surface area contributed by atoms with Gasteiger partial charge in [0.1, 0.15) is 5.82 Å². The second kappa shape index (κ2) is 2.36. The fourth-order valence-corrected chi connectivity index (χ4v) is 0.778. The highest BCUT2D eigenvalue weighted by Gasteiger charge is 1.96. The molecule has 9 heavy (non-hydrogen) atoms. The van der Waals surface area contributed by atoms with Gasteiger partial charge in [0.05, 0.1) is 5.02 Å². The summed E-state index contributed by atoms with van der Waals surface area (Å²) in [5.74, 6) is -0.484. The van der Waals surface area contributed by atoms with E-state index in [9.17, 15) is 4.39 Å². The Morgan fingerprint density at radius 2 is 2.33 bits per heavy atom. The standard InChI is InChI=1S/C7H5ClF/c1-5-2-3-7(9)6(8)4-5/h2,4H,1H3. The molecule has 0 unspecified atom stereocenters. The van der Waals surface area contributed by atoms with Crippen LogP contribution in [0.4, 0.5) is 4.39 Å². The van der Waals surface area contributed by atoms with Gasteiger partial charge in [-0.15, -0.1) is 0 Å². The molecule has 0 nitrogen and oxygen atoms in total. The Morgan fingerprint density at radius 1 is 1.67 bits per heavy atom. The molecule has 0 aliphatic rings. The Morgan fingerprint density at radius 3 is 2.78 bits per heavy atom. The summed E-state index contributed by atoms with van der Waals surface area (Å²) in [5, 5.41) is 0.134. The molecule has 0 aliphatic carbocycles. The predicted molar refractivity (Wildman–Crippen MR) is 35.0 cm³/mol. The molecule has 0 fully saturated rings. The van der Waals surface area contributed by atoms with Gasteiger partial charge < -0.3 is 0 Å². The quantitative estimate of drug-likeness (QED) is 0.524. The van der Waals surface area contributed by atoms with Crippen molar-refractivity contribution in [3.63, 3.8) is 0 Å². The van der Waals surface area contributed by atoms with E-state index in [0.29, 0.717) is 0 Å². The van der Waals surface area contributed by atoms with Crippen LogP contribution in [0.5, 0.6) is 0 Å². The first-order valence-corrected chi connectivity index (χ1v) is 2.91. The van der Waals surface area contributed by atoms with Gasteiger partial charge in [0.25, 0.3) is 0 Å². The second-order valence-corrected chi connectivity index (χ2v) is 2.25. The number of halogens is 2. The number of hydrogen-bond donors (Lipinski definition) is 0. The zero-order valence-corrected chi connectivity index (χ0v) is 5.67. The number of benzene rings is 1. The molecule has 0 aliphatic heterocycles. The Labute approximate surface area is 58.3 Å². The van der Waals surface area contributed by atoms with Gasteiger partial charge in [-0.2, -0.15) is 0 Å². The van der Waals surface area contributed by atoms with E-state index in [2.05, 4.69) is 6.07 Å². The van der Waals surface area contributed by atoms with Gasteiger partial charge in [-0.3, -0.25) is 0 Å².